The lowest BCUT2D eigenvalue weighted by atomic mass is 9.85. The van der Waals surface area contributed by atoms with E-state index in [0.717, 1.165) is 23.0 Å². The van der Waals surface area contributed by atoms with Gasteiger partial charge in [-0.3, -0.25) is 9.59 Å². The van der Waals surface area contributed by atoms with Gasteiger partial charge in [0.25, 0.3) is 0 Å². The molecule has 0 aromatic heterocycles. The Morgan fingerprint density at radius 2 is 1.59 bits per heavy atom. The zero-order valence-electron chi connectivity index (χ0n) is 19.2. The fraction of sp³-hybridized carbons (Fsp3) is 0.148. The van der Waals surface area contributed by atoms with Gasteiger partial charge in [0.15, 0.2) is 11.5 Å². The molecule has 1 aliphatic rings. The van der Waals surface area contributed by atoms with Crippen molar-refractivity contribution in [3.8, 4) is 11.5 Å². The molecule has 7 heteroatoms. The van der Waals surface area contributed by atoms with Crippen molar-refractivity contribution >= 4 is 23.6 Å². The van der Waals surface area contributed by atoms with E-state index in [1.54, 1.807) is 44.6 Å². The third-order valence-electron chi connectivity index (χ3n) is 4.89. The Balaban J connectivity index is 0.000000270. The predicted molar refractivity (Wildman–Crippen MR) is 129 cm³/mol. The van der Waals surface area contributed by atoms with Crippen LogP contribution >= 0.6 is 0 Å². The first-order chi connectivity index (χ1) is 16.3. The van der Waals surface area contributed by atoms with Crippen LogP contribution in [-0.2, 0) is 19.1 Å². The van der Waals surface area contributed by atoms with E-state index in [0.29, 0.717) is 11.3 Å². The molecule has 1 aliphatic carbocycles. The maximum absolute atomic E-state index is 12.2. The van der Waals surface area contributed by atoms with Crippen LogP contribution in [0.5, 0.6) is 11.5 Å². The fourth-order valence-electron chi connectivity index (χ4n) is 3.18. The van der Waals surface area contributed by atoms with Gasteiger partial charge in [0, 0.05) is 29.2 Å². The minimum Gasteiger partial charge on any atom is -0.497 e. The summed E-state index contributed by atoms with van der Waals surface area (Å²) in [5.41, 5.74) is 2.01. The molecule has 0 heterocycles. The predicted octanol–water partition coefficient (Wildman–Crippen LogP) is 4.37. The number of carbonyl (C=O) groups excluding carboxylic acids is 2. The summed E-state index contributed by atoms with van der Waals surface area (Å²) in [4.78, 5) is 34.3. The number of methoxy groups -OCH3 is 3. The molecule has 0 radical (unpaired) electrons. The number of allylic oxidation sites excluding steroid dienone is 4. The molecule has 34 heavy (non-hydrogen) atoms. The lowest BCUT2D eigenvalue weighted by molar-refractivity contribution is -0.131. The number of ether oxygens (including phenoxy) is 3. The molecule has 0 amide bonds. The van der Waals surface area contributed by atoms with E-state index in [-0.39, 0.29) is 23.2 Å². The number of carbonyl (C=O) groups is 3. The first kappa shape index (κ1) is 25.9. The van der Waals surface area contributed by atoms with E-state index in [4.69, 9.17) is 19.3 Å². The molecular formula is C27H26O7. The van der Waals surface area contributed by atoms with E-state index in [1.807, 2.05) is 24.3 Å². The van der Waals surface area contributed by atoms with Gasteiger partial charge in [-0.15, -0.1) is 6.58 Å². The van der Waals surface area contributed by atoms with Gasteiger partial charge in [-0.2, -0.15) is 0 Å². The molecule has 176 valence electrons. The number of ketones is 2. The van der Waals surface area contributed by atoms with E-state index in [1.165, 1.54) is 25.3 Å². The Morgan fingerprint density at radius 1 is 0.912 bits per heavy atom. The molecule has 0 fully saturated rings. The van der Waals surface area contributed by atoms with Gasteiger partial charge in [0.2, 0.25) is 5.78 Å². The van der Waals surface area contributed by atoms with Crippen LogP contribution in [0, 0.1) is 0 Å². The Labute approximate surface area is 198 Å². The van der Waals surface area contributed by atoms with Crippen LogP contribution in [0.25, 0.3) is 6.08 Å². The highest BCUT2D eigenvalue weighted by molar-refractivity contribution is 6.19. The van der Waals surface area contributed by atoms with Gasteiger partial charge >= 0.3 is 5.97 Å². The molecule has 1 N–H and O–H groups in total. The van der Waals surface area contributed by atoms with Gasteiger partial charge in [-0.25, -0.2) is 4.79 Å². The van der Waals surface area contributed by atoms with Crippen molar-refractivity contribution in [3.63, 3.8) is 0 Å². The second-order valence-electron chi connectivity index (χ2n) is 6.94. The quantitative estimate of drug-likeness (QED) is 0.353. The van der Waals surface area contributed by atoms with Crippen molar-refractivity contribution in [2.24, 2.45) is 0 Å². The average Bonchev–Trinajstić information content (AvgIpc) is 2.86. The van der Waals surface area contributed by atoms with Crippen molar-refractivity contribution in [1.82, 2.24) is 0 Å². The van der Waals surface area contributed by atoms with E-state index >= 15 is 0 Å². The molecule has 1 unspecified atom stereocenters. The summed E-state index contributed by atoms with van der Waals surface area (Å²) in [6.45, 7) is 3.77. The highest BCUT2D eigenvalue weighted by atomic mass is 16.5. The molecule has 2 aromatic carbocycles. The van der Waals surface area contributed by atoms with Gasteiger partial charge in [-0.05, 0) is 35.9 Å². The smallest absolute Gasteiger partial charge is 0.328 e. The van der Waals surface area contributed by atoms with Gasteiger partial charge in [-0.1, -0.05) is 36.4 Å². The van der Waals surface area contributed by atoms with Crippen LogP contribution in [-0.4, -0.2) is 44.0 Å². The molecule has 0 saturated heterocycles. The first-order valence-corrected chi connectivity index (χ1v) is 10.2. The Kier molecular flexibility index (Phi) is 9.58. The minimum absolute atomic E-state index is 0.0568. The lowest BCUT2D eigenvalue weighted by Crippen LogP contribution is -2.18. The molecule has 3 rings (SSSR count). The number of carboxylic acids is 1. The monoisotopic (exact) mass is 462 g/mol. The Bertz CT molecular complexity index is 1140. The average molecular weight is 462 g/mol. The standard InChI is InChI=1S/C17H16O4.C10H10O3/c1-4-13(11-5-7-12(20-2)8-6-11)14-9-16(19)17(21-3)10-15(14)18;1-13-9-5-3-2-4-8(9)6-7-10(11)12/h4-10,13H,1H2,2-3H3;2-7H,1H3,(H,11,12). The molecule has 0 spiro atoms. The number of hydrogen-bond acceptors (Lipinski definition) is 6. The number of rotatable bonds is 8. The summed E-state index contributed by atoms with van der Waals surface area (Å²) in [6.07, 6.45) is 6.76. The molecule has 0 bridgehead atoms. The summed E-state index contributed by atoms with van der Waals surface area (Å²) in [5, 5.41) is 8.41. The van der Waals surface area contributed by atoms with Gasteiger partial charge in [0.1, 0.15) is 11.5 Å². The fourth-order valence-corrected chi connectivity index (χ4v) is 3.18. The summed E-state index contributed by atoms with van der Waals surface area (Å²) in [5.74, 6) is -0.419. The van der Waals surface area contributed by atoms with Crippen molar-refractivity contribution in [2.45, 2.75) is 5.92 Å². The molecule has 1 atom stereocenters. The third kappa shape index (κ3) is 6.80. The highest BCUT2D eigenvalue weighted by Gasteiger charge is 2.26. The summed E-state index contributed by atoms with van der Waals surface area (Å²) >= 11 is 0. The number of aliphatic carboxylic acids is 1. The van der Waals surface area contributed by atoms with Crippen LogP contribution in [0.3, 0.4) is 0 Å². The lowest BCUT2D eigenvalue weighted by Gasteiger charge is -2.18. The van der Waals surface area contributed by atoms with E-state index in [2.05, 4.69) is 6.58 Å². The van der Waals surface area contributed by atoms with Crippen molar-refractivity contribution in [2.75, 3.05) is 21.3 Å². The number of hydrogen-bond donors (Lipinski definition) is 1. The Morgan fingerprint density at radius 3 is 2.15 bits per heavy atom. The highest BCUT2D eigenvalue weighted by Crippen LogP contribution is 2.30. The normalized spacial score (nSPS) is 13.7. The summed E-state index contributed by atoms with van der Waals surface area (Å²) in [7, 11) is 4.50. The van der Waals surface area contributed by atoms with Crippen LogP contribution in [0.15, 0.2) is 90.7 Å². The maximum Gasteiger partial charge on any atom is 0.328 e. The largest absolute Gasteiger partial charge is 0.497 e. The Hall–Kier alpha value is -4.39. The van der Waals surface area contributed by atoms with E-state index in [9.17, 15) is 14.4 Å². The number of benzene rings is 2. The number of carboxylic acid groups (broad SMARTS) is 1. The zero-order chi connectivity index (χ0) is 25.1. The van der Waals surface area contributed by atoms with Gasteiger partial charge in [0.05, 0.1) is 21.3 Å². The third-order valence-corrected chi connectivity index (χ3v) is 4.89. The molecule has 2 aromatic rings. The van der Waals surface area contributed by atoms with E-state index < -0.39 is 5.97 Å². The van der Waals surface area contributed by atoms with Crippen molar-refractivity contribution in [1.29, 1.82) is 0 Å². The van der Waals surface area contributed by atoms with Gasteiger partial charge < -0.3 is 19.3 Å². The van der Waals surface area contributed by atoms with Crippen molar-refractivity contribution in [3.05, 3.63) is 102 Å². The molecule has 7 nitrogen and oxygen atoms in total. The summed E-state index contributed by atoms with van der Waals surface area (Å²) < 4.78 is 15.0. The molecule has 0 aliphatic heterocycles. The minimum atomic E-state index is -0.967. The van der Waals surface area contributed by atoms with Crippen molar-refractivity contribution < 1.29 is 33.7 Å². The second kappa shape index (κ2) is 12.6. The zero-order valence-corrected chi connectivity index (χ0v) is 19.2. The first-order valence-electron chi connectivity index (χ1n) is 10.2. The van der Waals surface area contributed by atoms with Crippen LogP contribution in [0.1, 0.15) is 17.0 Å². The van der Waals surface area contributed by atoms with Crippen LogP contribution < -0.4 is 9.47 Å². The molecule has 0 saturated carbocycles. The van der Waals surface area contributed by atoms with Crippen LogP contribution in [0.4, 0.5) is 0 Å². The molecular weight excluding hydrogens is 436 g/mol. The maximum atomic E-state index is 12.2. The SMILES string of the molecule is C=CC(C1=CC(=O)C(OC)=CC1=O)c1ccc(OC)cc1.COc1ccccc1C=CC(=O)O. The number of para-hydroxylation sites is 1. The summed E-state index contributed by atoms with van der Waals surface area (Å²) in [6, 6.07) is 14.5. The second-order valence-corrected chi connectivity index (χ2v) is 6.94. The van der Waals surface area contributed by atoms with Crippen LogP contribution in [0.2, 0.25) is 0 Å². The topological polar surface area (TPSA) is 99.1 Å².